The number of carboxylic acid groups (broad SMARTS) is 1. The van der Waals surface area contributed by atoms with E-state index < -0.39 is 12.0 Å². The quantitative estimate of drug-likeness (QED) is 0.760. The molecule has 0 aliphatic heterocycles. The highest BCUT2D eigenvalue weighted by molar-refractivity contribution is 5.85. The molecule has 4 nitrogen and oxygen atoms in total. The van der Waals surface area contributed by atoms with E-state index in [0.717, 1.165) is 23.0 Å². The van der Waals surface area contributed by atoms with Gasteiger partial charge in [-0.2, -0.15) is 0 Å². The van der Waals surface area contributed by atoms with Gasteiger partial charge in [0.15, 0.2) is 0 Å². The predicted octanol–water partition coefficient (Wildman–Crippen LogP) is 2.64. The number of nitrogens with two attached hydrogens (primary N) is 1. The second-order valence-electron chi connectivity index (χ2n) is 5.43. The molecule has 0 saturated heterocycles. The predicted molar refractivity (Wildman–Crippen MR) is 86.8 cm³/mol. The Morgan fingerprint density at radius 3 is 2.50 bits per heavy atom. The molecule has 0 bridgehead atoms. The molecule has 2 aromatic carbocycles. The van der Waals surface area contributed by atoms with Crippen LogP contribution in [-0.2, 0) is 17.8 Å². The van der Waals surface area contributed by atoms with Crippen LogP contribution in [0.25, 0.3) is 10.9 Å². The van der Waals surface area contributed by atoms with Crippen molar-refractivity contribution in [3.05, 3.63) is 71.9 Å². The third-order valence-electron chi connectivity index (χ3n) is 3.82. The lowest BCUT2D eigenvalue weighted by Crippen LogP contribution is -2.32. The van der Waals surface area contributed by atoms with Crippen LogP contribution in [0, 0.1) is 0 Å². The number of aromatic nitrogens is 1. The summed E-state index contributed by atoms with van der Waals surface area (Å²) in [6.07, 6.45) is 2.35. The van der Waals surface area contributed by atoms with E-state index in [1.807, 2.05) is 48.7 Å². The highest BCUT2D eigenvalue weighted by Crippen LogP contribution is 2.23. The Hall–Kier alpha value is -2.59. The first kappa shape index (κ1) is 14.4. The minimum absolute atomic E-state index is 0.331. The molecule has 0 amide bonds. The number of hydrogen-bond acceptors (Lipinski definition) is 2. The van der Waals surface area contributed by atoms with E-state index in [2.05, 4.69) is 16.7 Å². The monoisotopic (exact) mass is 294 g/mol. The molecule has 3 aromatic rings. The van der Waals surface area contributed by atoms with Gasteiger partial charge in [-0.1, -0.05) is 48.5 Å². The van der Waals surface area contributed by atoms with Gasteiger partial charge in [-0.3, -0.25) is 4.79 Å². The van der Waals surface area contributed by atoms with E-state index in [9.17, 15) is 4.79 Å². The molecule has 0 saturated carbocycles. The summed E-state index contributed by atoms with van der Waals surface area (Å²) in [5.74, 6) is -0.972. The number of carbonyl (C=O) groups is 1. The average molecular weight is 294 g/mol. The lowest BCUT2D eigenvalue weighted by Gasteiger charge is -2.05. The van der Waals surface area contributed by atoms with Gasteiger partial charge in [0.1, 0.15) is 6.04 Å². The van der Waals surface area contributed by atoms with Gasteiger partial charge >= 0.3 is 5.97 Å². The molecule has 4 heteroatoms. The van der Waals surface area contributed by atoms with Crippen molar-refractivity contribution in [2.45, 2.75) is 19.0 Å². The van der Waals surface area contributed by atoms with Crippen molar-refractivity contribution in [1.82, 2.24) is 4.57 Å². The smallest absolute Gasteiger partial charge is 0.320 e. The number of aliphatic carboxylic acids is 1. The first-order valence-electron chi connectivity index (χ1n) is 7.24. The summed E-state index contributed by atoms with van der Waals surface area (Å²) in [5.41, 5.74) is 8.97. The maximum atomic E-state index is 11.0. The van der Waals surface area contributed by atoms with Gasteiger partial charge in [-0.25, -0.2) is 0 Å². The lowest BCUT2D eigenvalue weighted by molar-refractivity contribution is -0.138. The average Bonchev–Trinajstić information content (AvgIpc) is 2.86. The second-order valence-corrected chi connectivity index (χ2v) is 5.43. The Bertz CT molecular complexity index is 793. The summed E-state index contributed by atoms with van der Waals surface area (Å²) in [6.45, 7) is 0.754. The van der Waals surface area contributed by atoms with Crippen LogP contribution in [0.15, 0.2) is 60.8 Å². The highest BCUT2D eigenvalue weighted by atomic mass is 16.4. The van der Waals surface area contributed by atoms with Gasteiger partial charge in [0.05, 0.1) is 0 Å². The van der Waals surface area contributed by atoms with E-state index in [1.165, 1.54) is 5.56 Å². The maximum absolute atomic E-state index is 11.0. The number of para-hydroxylation sites is 1. The third-order valence-corrected chi connectivity index (χ3v) is 3.82. The van der Waals surface area contributed by atoms with Crippen molar-refractivity contribution in [1.29, 1.82) is 0 Å². The van der Waals surface area contributed by atoms with Crippen molar-refractivity contribution in [2.75, 3.05) is 0 Å². The summed E-state index contributed by atoms with van der Waals surface area (Å²) < 4.78 is 2.15. The van der Waals surface area contributed by atoms with Crippen molar-refractivity contribution >= 4 is 16.9 Å². The van der Waals surface area contributed by atoms with Crippen molar-refractivity contribution in [2.24, 2.45) is 5.73 Å². The largest absolute Gasteiger partial charge is 0.480 e. The molecule has 0 aliphatic rings. The zero-order chi connectivity index (χ0) is 15.5. The molecule has 1 aromatic heterocycles. The number of nitrogens with zero attached hydrogens (tertiary/aromatic N) is 1. The first-order chi connectivity index (χ1) is 10.6. The van der Waals surface area contributed by atoms with Crippen molar-refractivity contribution in [3.63, 3.8) is 0 Å². The lowest BCUT2D eigenvalue weighted by atomic mass is 10.1. The third kappa shape index (κ3) is 2.87. The van der Waals surface area contributed by atoms with E-state index in [1.54, 1.807) is 0 Å². The van der Waals surface area contributed by atoms with Crippen molar-refractivity contribution in [3.8, 4) is 0 Å². The molecule has 0 fully saturated rings. The Kier molecular flexibility index (Phi) is 3.94. The second kappa shape index (κ2) is 6.03. The molecule has 0 unspecified atom stereocenters. The molecule has 0 radical (unpaired) electrons. The van der Waals surface area contributed by atoms with Gasteiger partial charge in [0, 0.05) is 30.1 Å². The van der Waals surface area contributed by atoms with Crippen LogP contribution in [0.1, 0.15) is 11.1 Å². The van der Waals surface area contributed by atoms with Gasteiger partial charge in [-0.05, 0) is 17.2 Å². The summed E-state index contributed by atoms with van der Waals surface area (Å²) in [5, 5.41) is 10.1. The standard InChI is InChI=1S/C18H18N2O2/c19-16(18(21)22)10-14-12-20(11-13-6-2-1-3-7-13)17-9-5-4-8-15(14)17/h1-9,12,16H,10-11,19H2,(H,21,22)/t16-/m0/s1. The van der Waals surface area contributed by atoms with E-state index >= 15 is 0 Å². The van der Waals surface area contributed by atoms with E-state index in [4.69, 9.17) is 10.8 Å². The minimum Gasteiger partial charge on any atom is -0.480 e. The summed E-state index contributed by atoms with van der Waals surface area (Å²) >= 11 is 0. The summed E-state index contributed by atoms with van der Waals surface area (Å²) in [7, 11) is 0. The summed E-state index contributed by atoms with van der Waals surface area (Å²) in [6, 6.07) is 17.3. The molecule has 3 N–H and O–H groups in total. The van der Waals surface area contributed by atoms with Crippen LogP contribution in [0.5, 0.6) is 0 Å². The van der Waals surface area contributed by atoms with Crippen LogP contribution in [0.4, 0.5) is 0 Å². The fourth-order valence-electron chi connectivity index (χ4n) is 2.72. The Morgan fingerprint density at radius 1 is 1.09 bits per heavy atom. The first-order valence-corrected chi connectivity index (χ1v) is 7.24. The molecule has 112 valence electrons. The zero-order valence-electron chi connectivity index (χ0n) is 12.1. The number of fused-ring (bicyclic) bond motifs is 1. The molecule has 1 heterocycles. The van der Waals surface area contributed by atoms with Crippen LogP contribution >= 0.6 is 0 Å². The number of rotatable bonds is 5. The zero-order valence-corrected chi connectivity index (χ0v) is 12.1. The van der Waals surface area contributed by atoms with Crippen LogP contribution in [0.3, 0.4) is 0 Å². The number of hydrogen-bond donors (Lipinski definition) is 2. The van der Waals surface area contributed by atoms with Crippen molar-refractivity contribution < 1.29 is 9.90 Å². The molecule has 3 rings (SSSR count). The van der Waals surface area contributed by atoms with Gasteiger partial charge in [0.2, 0.25) is 0 Å². The Labute approximate surface area is 128 Å². The molecule has 0 aliphatic carbocycles. The fourth-order valence-corrected chi connectivity index (χ4v) is 2.72. The SMILES string of the molecule is N[C@@H](Cc1cn(Cc2ccccc2)c2ccccc12)C(=O)O. The van der Waals surface area contributed by atoms with Crippen LogP contribution in [-0.4, -0.2) is 21.7 Å². The number of benzene rings is 2. The minimum atomic E-state index is -0.972. The van der Waals surface area contributed by atoms with Crippen LogP contribution < -0.4 is 5.73 Å². The molecular weight excluding hydrogens is 276 g/mol. The van der Waals surface area contributed by atoms with E-state index in [-0.39, 0.29) is 0 Å². The number of carboxylic acids is 1. The fraction of sp³-hybridized carbons (Fsp3) is 0.167. The maximum Gasteiger partial charge on any atom is 0.320 e. The van der Waals surface area contributed by atoms with E-state index in [0.29, 0.717) is 6.42 Å². The molecule has 1 atom stereocenters. The molecule has 22 heavy (non-hydrogen) atoms. The van der Waals surface area contributed by atoms with Gasteiger partial charge in [0.25, 0.3) is 0 Å². The molecule has 0 spiro atoms. The normalized spacial score (nSPS) is 12.4. The Morgan fingerprint density at radius 2 is 1.77 bits per heavy atom. The van der Waals surface area contributed by atoms with Gasteiger partial charge in [-0.15, -0.1) is 0 Å². The Balaban J connectivity index is 1.99. The highest BCUT2D eigenvalue weighted by Gasteiger charge is 2.16. The van der Waals surface area contributed by atoms with Crippen LogP contribution in [0.2, 0.25) is 0 Å². The summed E-state index contributed by atoms with van der Waals surface area (Å²) in [4.78, 5) is 11.0. The van der Waals surface area contributed by atoms with Gasteiger partial charge < -0.3 is 15.4 Å². The topological polar surface area (TPSA) is 68.2 Å². The molecular formula is C18H18N2O2.